The van der Waals surface area contributed by atoms with E-state index >= 15 is 4.79 Å². The van der Waals surface area contributed by atoms with Crippen molar-refractivity contribution in [2.24, 2.45) is 50.7 Å². The first-order valence-corrected chi connectivity index (χ1v) is 43.1. The van der Waals surface area contributed by atoms with Crippen molar-refractivity contribution in [3.05, 3.63) is 23.2 Å². The van der Waals surface area contributed by atoms with Crippen LogP contribution in [0.2, 0.25) is 0 Å². The van der Waals surface area contributed by atoms with E-state index in [4.69, 9.17) is 56.8 Å². The van der Waals surface area contributed by atoms with E-state index in [1.165, 1.54) is 13.8 Å². The van der Waals surface area contributed by atoms with E-state index in [0.717, 1.165) is 34.6 Å². The first-order chi connectivity index (χ1) is 58.9. The van der Waals surface area contributed by atoms with Crippen molar-refractivity contribution < 1.29 is 224 Å². The standard InChI is InChI=1S/C82H142O45/c1-14-42(117-36(8)89)65(124-69(110)56(102)50(96)33(5)87)61(107)71(112)118-43(15-2)67(108)82(30-85,126-75-59(105)54(100)63(35(7)116-75)122-72(113)60(106)62(34(6)88)121-70(111)57(103)51(97)40(90)20-25-83)127-76(115)81-24-23-77(9,10)27-39(81)38-16-17-46-78(11)21-19-44(31(3)37(78)18-22-79(46,12)80(38,13)28-47(81)92)119-73(114)66(125-74-58(104)53(99)52(98)45(29-84)120-74)64(41(91)26-48(93)94)123-68(109)55(101)49(95)32(4)86/h16,31-35,37,39-47,49-59,61,63-75,83-88,90-92,95-114H,14-15,17-30H2,1-13H3,(H,93,94)/b62-60-/t31-,32?,33?,34?,35?,37?,39?,40?,41?,42?,43?,44+,45?,46?,47-,49?,50?,51?,52?,53?,54?,55?,56?,57?,58?,59?,61?,63?,64?,65?,66?,67?,68?,69?,70?,71?,72?,73?,74?,75?,78+,79-,80-,81-,82?/m1/s1. The largest absolute Gasteiger partial charge is 0.505 e. The van der Waals surface area contributed by atoms with Gasteiger partial charge in [0.05, 0.1) is 61.9 Å². The molecule has 38 unspecified atom stereocenters. The highest BCUT2D eigenvalue weighted by atomic mass is 16.8. The second-order valence-corrected chi connectivity index (χ2v) is 37.0. The number of esters is 2. The third-order valence-corrected chi connectivity index (χ3v) is 28.0. The molecule has 45 atom stereocenters. The number of allylic oxidation sites excluding steroid dienone is 2. The van der Waals surface area contributed by atoms with E-state index in [9.17, 15) is 163 Å². The number of carbonyl (C=O) groups excluding carboxylic acids is 2. The summed E-state index contributed by atoms with van der Waals surface area (Å²) in [5.41, 5.74) is -4.47. The molecule has 740 valence electrons. The first-order valence-electron chi connectivity index (χ1n) is 43.1. The number of rotatable bonds is 46. The second kappa shape index (κ2) is 45.1. The van der Waals surface area contributed by atoms with Gasteiger partial charge in [0.1, 0.15) is 134 Å². The first kappa shape index (κ1) is 110. The van der Waals surface area contributed by atoms with Gasteiger partial charge in [-0.3, -0.25) is 14.4 Å². The Hall–Kier alpha value is -3.99. The fourth-order valence-corrected chi connectivity index (χ4v) is 20.2. The molecule has 0 aromatic rings. The molecular formula is C82H142O45. The van der Waals surface area contributed by atoms with Crippen LogP contribution in [0.4, 0.5) is 0 Å². The Labute approximate surface area is 734 Å². The van der Waals surface area contributed by atoms with Crippen LogP contribution in [0.1, 0.15) is 173 Å². The van der Waals surface area contributed by atoms with Gasteiger partial charge in [0.2, 0.25) is 12.6 Å². The average Bonchev–Trinajstić information content (AvgIpc) is 0.671. The highest BCUT2D eigenvalue weighted by Crippen LogP contribution is 2.75. The van der Waals surface area contributed by atoms with Crippen molar-refractivity contribution in [2.75, 3.05) is 19.8 Å². The van der Waals surface area contributed by atoms with Gasteiger partial charge >= 0.3 is 17.9 Å². The van der Waals surface area contributed by atoms with E-state index < -0.39 is 334 Å². The second-order valence-electron chi connectivity index (χ2n) is 37.0. The summed E-state index contributed by atoms with van der Waals surface area (Å²) >= 11 is 0. The Balaban J connectivity index is 1.27. The van der Waals surface area contributed by atoms with Crippen molar-refractivity contribution in [1.82, 2.24) is 0 Å². The van der Waals surface area contributed by atoms with E-state index in [1.807, 2.05) is 33.8 Å². The summed E-state index contributed by atoms with van der Waals surface area (Å²) < 4.78 is 69.8. The summed E-state index contributed by atoms with van der Waals surface area (Å²) in [5, 5.41) is 332. The summed E-state index contributed by atoms with van der Waals surface area (Å²) in [7, 11) is 0. The molecule has 7 rings (SSSR count). The molecule has 0 radical (unpaired) electrons. The summed E-state index contributed by atoms with van der Waals surface area (Å²) in [5.74, 6) is -12.1. The number of hydrogen-bond donors (Lipinski definition) is 30. The molecule has 0 aromatic heterocycles. The van der Waals surface area contributed by atoms with Crippen molar-refractivity contribution in [2.45, 2.75) is 400 Å². The van der Waals surface area contributed by atoms with Gasteiger partial charge in [-0.15, -0.1) is 0 Å². The van der Waals surface area contributed by atoms with Crippen LogP contribution in [0.15, 0.2) is 23.2 Å². The fourth-order valence-electron chi connectivity index (χ4n) is 20.2. The molecule has 127 heavy (non-hydrogen) atoms. The molecule has 2 aliphatic heterocycles. The molecule has 6 fully saturated rings. The van der Waals surface area contributed by atoms with Gasteiger partial charge in [-0.05, 0) is 150 Å². The molecular weight excluding hydrogens is 1700 g/mol. The predicted molar refractivity (Wildman–Crippen MR) is 424 cm³/mol. The molecule has 0 aromatic carbocycles. The molecule has 7 aliphatic rings. The lowest BCUT2D eigenvalue weighted by molar-refractivity contribution is -0.397. The van der Waals surface area contributed by atoms with Crippen molar-refractivity contribution in [3.8, 4) is 0 Å². The van der Waals surface area contributed by atoms with E-state index in [0.29, 0.717) is 31.3 Å². The molecule has 0 bridgehead atoms. The van der Waals surface area contributed by atoms with Crippen LogP contribution in [0.5, 0.6) is 0 Å². The van der Waals surface area contributed by atoms with E-state index in [2.05, 4.69) is 13.8 Å². The lowest BCUT2D eigenvalue weighted by Crippen LogP contribution is -2.69. The number of aliphatic hydroxyl groups is 29. The molecule has 45 heteroatoms. The van der Waals surface area contributed by atoms with Crippen LogP contribution in [0.3, 0.4) is 0 Å². The van der Waals surface area contributed by atoms with Crippen molar-refractivity contribution >= 4 is 17.9 Å². The van der Waals surface area contributed by atoms with Gasteiger partial charge in [-0.2, -0.15) is 0 Å². The summed E-state index contributed by atoms with van der Waals surface area (Å²) in [6.07, 6.45) is -77.1. The minimum absolute atomic E-state index is 0.135. The highest BCUT2D eigenvalue weighted by molar-refractivity contribution is 5.80. The molecule has 2 saturated heterocycles. The molecule has 4 saturated carbocycles. The summed E-state index contributed by atoms with van der Waals surface area (Å²) in [4.78, 5) is 41.2. The zero-order valence-electron chi connectivity index (χ0n) is 73.5. The number of carboxylic acid groups (broad SMARTS) is 1. The van der Waals surface area contributed by atoms with Gasteiger partial charge in [0.15, 0.2) is 49.3 Å². The number of aliphatic hydroxyl groups excluding tert-OH is 29. The number of ether oxygens (including phenoxy) is 12. The van der Waals surface area contributed by atoms with Crippen LogP contribution in [-0.4, -0.2) is 418 Å². The molecule has 0 amide bonds. The Morgan fingerprint density at radius 1 is 0.575 bits per heavy atom. The van der Waals surface area contributed by atoms with Gasteiger partial charge in [-0.1, -0.05) is 67.0 Å². The SMILES string of the molecule is CCC(OC(C)=O)C(OC(O)C(O)C(O)C(C)O)C(O)C(O)OC(CC)C(O)C(CO)(OC(=O)[C@]12CCC(C)(C)CC1C1=CCC3[C@@]4(C)CC[C@H](OC(O)C(OC5OC(CO)C(O)C(O)C5O)C(OC(O)C(O)C(O)C(C)O)C(O)CC(=O)O)[C@H](C)C4CC[C@@]3(C)[C@]1(C)C[C@H]2O)OC1OC(C)C(OC(O)/C(O)=C(/OC(O)C(O)C(O)C(O)CCO)C(C)O)C(O)C1O. The van der Waals surface area contributed by atoms with Gasteiger partial charge in [0, 0.05) is 13.5 Å². The Bertz CT molecular complexity index is 3520. The number of fused-ring (bicyclic) bond motifs is 7. The van der Waals surface area contributed by atoms with Crippen LogP contribution < -0.4 is 0 Å². The molecule has 45 nitrogen and oxygen atoms in total. The van der Waals surface area contributed by atoms with Crippen molar-refractivity contribution in [3.63, 3.8) is 0 Å². The summed E-state index contributed by atoms with van der Waals surface area (Å²) in [6, 6.07) is 0. The number of carbonyl (C=O) groups is 3. The Morgan fingerprint density at radius 2 is 1.14 bits per heavy atom. The zero-order chi connectivity index (χ0) is 96.1. The Morgan fingerprint density at radius 3 is 1.68 bits per heavy atom. The molecule has 0 spiro atoms. The Kier molecular flexibility index (Phi) is 39.1. The average molecular weight is 1850 g/mol. The summed E-state index contributed by atoms with van der Waals surface area (Å²) in [6.45, 7) is 16.3. The topological polar surface area (TPSA) is 769 Å². The number of hydrogen-bond acceptors (Lipinski definition) is 44. The fraction of sp³-hybridized carbons (Fsp3) is 0.915. The van der Waals surface area contributed by atoms with Gasteiger partial charge in [-0.25, -0.2) is 0 Å². The predicted octanol–water partition coefficient (Wildman–Crippen LogP) is -7.75. The van der Waals surface area contributed by atoms with Gasteiger partial charge in [0.25, 0.3) is 5.79 Å². The van der Waals surface area contributed by atoms with Crippen molar-refractivity contribution in [1.29, 1.82) is 0 Å². The lowest BCUT2D eigenvalue weighted by Gasteiger charge is -2.70. The maximum Gasteiger partial charge on any atom is 0.318 e. The van der Waals surface area contributed by atoms with E-state index in [1.54, 1.807) is 0 Å². The maximum absolute atomic E-state index is 16.5. The van der Waals surface area contributed by atoms with Crippen LogP contribution in [-0.2, 0) is 71.2 Å². The molecule has 30 N–H and O–H groups in total. The molecule has 2 heterocycles. The minimum atomic E-state index is -3.42. The smallest absolute Gasteiger partial charge is 0.318 e. The third-order valence-electron chi connectivity index (χ3n) is 28.0. The highest BCUT2D eigenvalue weighted by Gasteiger charge is 2.72. The molecule has 5 aliphatic carbocycles. The quantitative estimate of drug-likeness (QED) is 0.0116. The normalized spacial score (nSPS) is 37.4. The van der Waals surface area contributed by atoms with Gasteiger partial charge < -0.3 is 210 Å². The monoisotopic (exact) mass is 1850 g/mol. The number of aliphatic carboxylic acids is 1. The van der Waals surface area contributed by atoms with Crippen LogP contribution in [0.25, 0.3) is 0 Å². The maximum atomic E-state index is 16.5. The van der Waals surface area contributed by atoms with Crippen LogP contribution >= 0.6 is 0 Å². The zero-order valence-corrected chi connectivity index (χ0v) is 73.5. The minimum Gasteiger partial charge on any atom is -0.505 e. The third kappa shape index (κ3) is 23.6. The number of carboxylic acids is 1. The van der Waals surface area contributed by atoms with Crippen LogP contribution in [0, 0.1) is 50.7 Å². The lowest BCUT2D eigenvalue weighted by atomic mass is 9.34. The van der Waals surface area contributed by atoms with E-state index in [-0.39, 0.29) is 50.4 Å².